The summed E-state index contributed by atoms with van der Waals surface area (Å²) in [6, 6.07) is 9.22. The van der Waals surface area contributed by atoms with Gasteiger partial charge in [-0.1, -0.05) is 18.2 Å². The summed E-state index contributed by atoms with van der Waals surface area (Å²) in [6.45, 7) is 1.31. The third-order valence-corrected chi connectivity index (χ3v) is 2.11. The molecule has 4 nitrogen and oxygen atoms in total. The van der Waals surface area contributed by atoms with Gasteiger partial charge >= 0.3 is 5.97 Å². The highest BCUT2D eigenvalue weighted by molar-refractivity contribution is 5.85. The van der Waals surface area contributed by atoms with Gasteiger partial charge in [-0.15, -0.1) is 12.4 Å². The Morgan fingerprint density at radius 2 is 1.89 bits per heavy atom. The third kappa shape index (κ3) is 7.92. The van der Waals surface area contributed by atoms with Crippen molar-refractivity contribution in [3.63, 3.8) is 0 Å². The zero-order chi connectivity index (χ0) is 12.5. The molecule has 1 aromatic rings. The van der Waals surface area contributed by atoms with Crippen LogP contribution in [0.25, 0.3) is 0 Å². The maximum atomic E-state index is 11.3. The molecule has 0 saturated heterocycles. The van der Waals surface area contributed by atoms with Crippen molar-refractivity contribution < 1.29 is 14.3 Å². The lowest BCUT2D eigenvalue weighted by Gasteiger charge is -2.10. The fraction of sp³-hybridized carbons (Fsp3) is 0.462. The van der Waals surface area contributed by atoms with Crippen LogP contribution < -0.4 is 4.74 Å². The Kier molecular flexibility index (Phi) is 9.06. The number of ether oxygens (including phenoxy) is 2. The van der Waals surface area contributed by atoms with E-state index < -0.39 is 0 Å². The number of halogens is 1. The number of hydrogen-bond acceptors (Lipinski definition) is 4. The molecule has 1 aromatic carbocycles. The van der Waals surface area contributed by atoms with E-state index in [0.717, 1.165) is 13.0 Å². The molecule has 5 heteroatoms. The molecule has 0 saturated carbocycles. The predicted octanol–water partition coefficient (Wildman–Crippen LogP) is 1.98. The molecule has 0 aliphatic heterocycles. The molecular weight excluding hydrogens is 254 g/mol. The molecule has 0 radical (unpaired) electrons. The summed E-state index contributed by atoms with van der Waals surface area (Å²) < 4.78 is 10.3. The first-order valence-corrected chi connectivity index (χ1v) is 5.66. The molecule has 1 rings (SSSR count). The minimum absolute atomic E-state index is 0. The molecule has 0 heterocycles. The number of benzene rings is 1. The molecule has 0 bridgehead atoms. The van der Waals surface area contributed by atoms with Crippen molar-refractivity contribution >= 4 is 18.4 Å². The van der Waals surface area contributed by atoms with Gasteiger partial charge in [0.1, 0.15) is 5.75 Å². The van der Waals surface area contributed by atoms with Crippen LogP contribution in [0.15, 0.2) is 30.3 Å². The summed E-state index contributed by atoms with van der Waals surface area (Å²) in [5, 5.41) is 0. The lowest BCUT2D eigenvalue weighted by atomic mass is 10.3. The third-order valence-electron chi connectivity index (χ3n) is 2.11. The molecule has 0 fully saturated rings. The number of rotatable bonds is 7. The van der Waals surface area contributed by atoms with E-state index in [1.807, 2.05) is 37.2 Å². The summed E-state index contributed by atoms with van der Waals surface area (Å²) in [5.41, 5.74) is 0. The largest absolute Gasteiger partial charge is 0.482 e. The molecule has 18 heavy (non-hydrogen) atoms. The van der Waals surface area contributed by atoms with E-state index in [2.05, 4.69) is 0 Å². The second-order valence-corrected chi connectivity index (χ2v) is 3.98. The van der Waals surface area contributed by atoms with E-state index in [1.54, 1.807) is 12.1 Å². The number of carbonyl (C=O) groups is 1. The summed E-state index contributed by atoms with van der Waals surface area (Å²) in [7, 11) is 3.97. The quantitative estimate of drug-likeness (QED) is 0.563. The summed E-state index contributed by atoms with van der Waals surface area (Å²) in [4.78, 5) is 13.4. The van der Waals surface area contributed by atoms with E-state index in [4.69, 9.17) is 9.47 Å². The first-order valence-electron chi connectivity index (χ1n) is 5.66. The molecule has 0 N–H and O–H groups in total. The van der Waals surface area contributed by atoms with Crippen LogP contribution in [0.1, 0.15) is 6.42 Å². The lowest BCUT2D eigenvalue weighted by Crippen LogP contribution is -2.19. The van der Waals surface area contributed by atoms with Crippen molar-refractivity contribution in [2.24, 2.45) is 0 Å². The number of para-hydroxylation sites is 1. The number of carbonyl (C=O) groups excluding carboxylic acids is 1. The molecule has 0 amide bonds. The van der Waals surface area contributed by atoms with E-state index >= 15 is 0 Å². The molecule has 0 aromatic heterocycles. The highest BCUT2D eigenvalue weighted by atomic mass is 35.5. The zero-order valence-corrected chi connectivity index (χ0v) is 11.6. The Labute approximate surface area is 114 Å². The van der Waals surface area contributed by atoms with Crippen LogP contribution in [0.2, 0.25) is 0 Å². The van der Waals surface area contributed by atoms with Crippen LogP contribution in [-0.2, 0) is 9.53 Å². The van der Waals surface area contributed by atoms with Gasteiger partial charge in [0, 0.05) is 6.54 Å². The summed E-state index contributed by atoms with van der Waals surface area (Å²) in [5.74, 6) is 0.352. The second-order valence-electron chi connectivity index (χ2n) is 3.98. The maximum absolute atomic E-state index is 11.3. The maximum Gasteiger partial charge on any atom is 0.344 e. The Hall–Kier alpha value is -1.26. The highest BCUT2D eigenvalue weighted by Crippen LogP contribution is 2.07. The number of hydrogen-bond donors (Lipinski definition) is 0. The fourth-order valence-electron chi connectivity index (χ4n) is 1.27. The molecule has 0 unspecified atom stereocenters. The van der Waals surface area contributed by atoms with Crippen LogP contribution in [0.4, 0.5) is 0 Å². The normalized spacial score (nSPS) is 9.72. The monoisotopic (exact) mass is 273 g/mol. The predicted molar refractivity (Wildman–Crippen MR) is 73.3 cm³/mol. The number of nitrogens with zero attached hydrogens (tertiary/aromatic N) is 1. The van der Waals surface area contributed by atoms with Crippen molar-refractivity contribution in [1.82, 2.24) is 4.90 Å². The highest BCUT2D eigenvalue weighted by Gasteiger charge is 2.03. The van der Waals surface area contributed by atoms with Crippen LogP contribution in [-0.4, -0.2) is 44.7 Å². The first-order chi connectivity index (χ1) is 8.18. The van der Waals surface area contributed by atoms with Crippen molar-refractivity contribution in [1.29, 1.82) is 0 Å². The standard InChI is InChI=1S/C13H19NO3.ClH/c1-14(2)9-6-10-16-13(15)11-17-12-7-4-3-5-8-12;/h3-5,7-8H,6,9-11H2,1-2H3;1H. The number of esters is 1. The fourth-order valence-corrected chi connectivity index (χ4v) is 1.27. The molecule has 102 valence electrons. The van der Waals surface area contributed by atoms with Gasteiger partial charge in [0.2, 0.25) is 0 Å². The lowest BCUT2D eigenvalue weighted by molar-refractivity contribution is -0.146. The van der Waals surface area contributed by atoms with E-state index in [1.165, 1.54) is 0 Å². The summed E-state index contributed by atoms with van der Waals surface area (Å²) in [6.07, 6.45) is 0.837. The van der Waals surface area contributed by atoms with E-state index in [-0.39, 0.29) is 25.0 Å². The van der Waals surface area contributed by atoms with Gasteiger partial charge in [0.15, 0.2) is 6.61 Å². The van der Waals surface area contributed by atoms with Crippen molar-refractivity contribution in [2.75, 3.05) is 33.9 Å². The first kappa shape index (κ1) is 16.7. The zero-order valence-electron chi connectivity index (χ0n) is 10.8. The van der Waals surface area contributed by atoms with Gasteiger partial charge in [-0.05, 0) is 32.6 Å². The van der Waals surface area contributed by atoms with Gasteiger partial charge in [-0.25, -0.2) is 4.79 Å². The second kappa shape index (κ2) is 9.74. The van der Waals surface area contributed by atoms with Crippen molar-refractivity contribution in [2.45, 2.75) is 6.42 Å². The van der Waals surface area contributed by atoms with Gasteiger partial charge in [0.25, 0.3) is 0 Å². The van der Waals surface area contributed by atoms with E-state index in [0.29, 0.717) is 12.4 Å². The molecular formula is C13H20ClNO3. The van der Waals surface area contributed by atoms with Crippen LogP contribution in [0, 0.1) is 0 Å². The van der Waals surface area contributed by atoms with Crippen molar-refractivity contribution in [3.8, 4) is 5.75 Å². The van der Waals surface area contributed by atoms with E-state index in [9.17, 15) is 4.79 Å². The Balaban J connectivity index is 0.00000289. The summed E-state index contributed by atoms with van der Waals surface area (Å²) >= 11 is 0. The van der Waals surface area contributed by atoms with Gasteiger partial charge in [-0.2, -0.15) is 0 Å². The average molecular weight is 274 g/mol. The van der Waals surface area contributed by atoms with Crippen LogP contribution in [0.3, 0.4) is 0 Å². The molecule has 0 spiro atoms. The minimum Gasteiger partial charge on any atom is -0.482 e. The molecule has 0 aliphatic rings. The SMILES string of the molecule is CN(C)CCCOC(=O)COc1ccccc1.Cl. The minimum atomic E-state index is -0.326. The molecule has 0 atom stereocenters. The Morgan fingerprint density at radius 1 is 1.22 bits per heavy atom. The van der Waals surface area contributed by atoms with Gasteiger partial charge < -0.3 is 14.4 Å². The molecule has 0 aliphatic carbocycles. The topological polar surface area (TPSA) is 38.8 Å². The van der Waals surface area contributed by atoms with Gasteiger partial charge in [-0.3, -0.25) is 0 Å². The van der Waals surface area contributed by atoms with Crippen LogP contribution in [0.5, 0.6) is 5.75 Å². The Bertz CT molecular complexity index is 330. The Morgan fingerprint density at radius 3 is 2.50 bits per heavy atom. The van der Waals surface area contributed by atoms with Crippen LogP contribution >= 0.6 is 12.4 Å². The smallest absolute Gasteiger partial charge is 0.344 e. The van der Waals surface area contributed by atoms with Gasteiger partial charge in [0.05, 0.1) is 6.61 Å². The van der Waals surface area contributed by atoms with Crippen molar-refractivity contribution in [3.05, 3.63) is 30.3 Å². The average Bonchev–Trinajstić information content (AvgIpc) is 2.33.